The van der Waals surface area contributed by atoms with Gasteiger partial charge in [0.05, 0.1) is 12.1 Å². The van der Waals surface area contributed by atoms with E-state index in [2.05, 4.69) is 9.61 Å². The molecular formula is C18H19F5NO5P. The standard InChI is InChI=1S/C18H19F5NO5P/c1-9(2)27-18(25)10(3)24-30(26,28-11-7-5-4-6-8-11)29-17-15(22)13(20)12(19)14(21)16(17)23/h4-10,18,25H,1-3H3,(H,24,26)/t10-,18?,30-/m0/s1. The molecule has 1 unspecified atom stereocenters. The van der Waals surface area contributed by atoms with E-state index in [1.807, 2.05) is 0 Å². The topological polar surface area (TPSA) is 77.0 Å². The Labute approximate surface area is 169 Å². The summed E-state index contributed by atoms with van der Waals surface area (Å²) in [7, 11) is -4.85. The largest absolute Gasteiger partial charge is 0.513 e. The smallest absolute Gasteiger partial charge is 0.405 e. The van der Waals surface area contributed by atoms with Gasteiger partial charge in [-0.05, 0) is 32.9 Å². The van der Waals surface area contributed by atoms with Crippen LogP contribution in [-0.2, 0) is 9.30 Å². The molecule has 2 N–H and O–H groups in total. The van der Waals surface area contributed by atoms with E-state index >= 15 is 0 Å². The van der Waals surface area contributed by atoms with Crippen LogP contribution < -0.4 is 14.1 Å². The monoisotopic (exact) mass is 455 g/mol. The van der Waals surface area contributed by atoms with Crippen molar-refractivity contribution in [2.45, 2.75) is 39.2 Å². The lowest BCUT2D eigenvalue weighted by Crippen LogP contribution is -2.40. The number of nitrogens with one attached hydrogen (secondary N) is 1. The van der Waals surface area contributed by atoms with Gasteiger partial charge in [-0.3, -0.25) is 0 Å². The van der Waals surface area contributed by atoms with Crippen LogP contribution in [0.5, 0.6) is 11.5 Å². The average Bonchev–Trinajstić information content (AvgIpc) is 2.68. The number of para-hydroxylation sites is 1. The molecule has 12 heteroatoms. The van der Waals surface area contributed by atoms with Crippen molar-refractivity contribution in [1.82, 2.24) is 5.09 Å². The van der Waals surface area contributed by atoms with Gasteiger partial charge in [0.15, 0.2) is 6.29 Å². The fourth-order valence-corrected chi connectivity index (χ4v) is 3.76. The third-order valence-electron chi connectivity index (χ3n) is 3.55. The molecule has 3 atom stereocenters. The van der Waals surface area contributed by atoms with Gasteiger partial charge in [-0.25, -0.2) is 17.7 Å². The van der Waals surface area contributed by atoms with E-state index in [4.69, 9.17) is 9.26 Å². The first-order valence-electron chi connectivity index (χ1n) is 8.62. The molecule has 0 aliphatic carbocycles. The molecule has 2 aromatic rings. The Morgan fingerprint density at radius 2 is 1.37 bits per heavy atom. The van der Waals surface area contributed by atoms with Crippen LogP contribution in [0.3, 0.4) is 0 Å². The zero-order valence-electron chi connectivity index (χ0n) is 16.0. The lowest BCUT2D eigenvalue weighted by Gasteiger charge is -2.27. The predicted octanol–water partition coefficient (Wildman–Crippen LogP) is 4.67. The Morgan fingerprint density at radius 3 is 1.87 bits per heavy atom. The Kier molecular flexibility index (Phi) is 7.81. The summed E-state index contributed by atoms with van der Waals surface area (Å²) in [5.41, 5.74) is 0. The fraction of sp³-hybridized carbons (Fsp3) is 0.333. The molecule has 0 spiro atoms. The molecule has 0 saturated heterocycles. The molecule has 0 amide bonds. The number of benzene rings is 2. The summed E-state index contributed by atoms with van der Waals surface area (Å²) in [4.78, 5) is 0. The highest BCUT2D eigenvalue weighted by molar-refractivity contribution is 7.52. The first-order chi connectivity index (χ1) is 13.9. The zero-order chi connectivity index (χ0) is 22.6. The van der Waals surface area contributed by atoms with E-state index in [9.17, 15) is 31.6 Å². The molecule has 30 heavy (non-hydrogen) atoms. The van der Waals surface area contributed by atoms with Gasteiger partial charge in [0.2, 0.25) is 34.8 Å². The quantitative estimate of drug-likeness (QED) is 0.188. The molecule has 2 aromatic carbocycles. The van der Waals surface area contributed by atoms with Crippen molar-refractivity contribution in [3.63, 3.8) is 0 Å². The number of hydrogen-bond acceptors (Lipinski definition) is 5. The molecule has 2 rings (SSSR count). The lowest BCUT2D eigenvalue weighted by atomic mass is 10.3. The zero-order valence-corrected chi connectivity index (χ0v) is 16.9. The van der Waals surface area contributed by atoms with Crippen LogP contribution in [0.15, 0.2) is 30.3 Å². The van der Waals surface area contributed by atoms with Crippen LogP contribution in [0.2, 0.25) is 0 Å². The molecule has 0 aromatic heterocycles. The van der Waals surface area contributed by atoms with E-state index in [0.29, 0.717) is 0 Å². The maximum Gasteiger partial charge on any atom is 0.513 e. The first kappa shape index (κ1) is 24.1. The van der Waals surface area contributed by atoms with Crippen LogP contribution >= 0.6 is 7.75 Å². The van der Waals surface area contributed by atoms with Gasteiger partial charge in [0.25, 0.3) is 0 Å². The molecule has 0 aliphatic rings. The summed E-state index contributed by atoms with van der Waals surface area (Å²) in [5, 5.41) is 12.2. The molecule has 0 saturated carbocycles. The van der Waals surface area contributed by atoms with Crippen LogP contribution in [0.1, 0.15) is 20.8 Å². The minimum atomic E-state index is -4.85. The van der Waals surface area contributed by atoms with E-state index in [0.717, 1.165) is 0 Å². The summed E-state index contributed by atoms with van der Waals surface area (Å²) in [6, 6.07) is 5.93. The third kappa shape index (κ3) is 5.69. The lowest BCUT2D eigenvalue weighted by molar-refractivity contribution is -0.137. The maximum absolute atomic E-state index is 14.0. The fourth-order valence-electron chi connectivity index (χ4n) is 2.19. The number of hydrogen-bond donors (Lipinski definition) is 2. The van der Waals surface area contributed by atoms with Gasteiger partial charge >= 0.3 is 7.75 Å². The highest BCUT2D eigenvalue weighted by Crippen LogP contribution is 2.47. The first-order valence-corrected chi connectivity index (χ1v) is 10.2. The number of ether oxygens (including phenoxy) is 1. The number of aliphatic hydroxyl groups excluding tert-OH is 1. The van der Waals surface area contributed by atoms with Crippen LogP contribution in [0.4, 0.5) is 22.0 Å². The molecular weight excluding hydrogens is 436 g/mol. The van der Waals surface area contributed by atoms with Gasteiger partial charge in [0, 0.05) is 0 Å². The molecule has 0 aliphatic heterocycles. The van der Waals surface area contributed by atoms with Crippen LogP contribution in [0, 0.1) is 29.1 Å². The predicted molar refractivity (Wildman–Crippen MR) is 96.4 cm³/mol. The van der Waals surface area contributed by atoms with Gasteiger partial charge in [-0.2, -0.15) is 13.9 Å². The summed E-state index contributed by atoms with van der Waals surface area (Å²) in [6.45, 7) is 4.47. The SMILES string of the molecule is CC(C)OC(O)[C@H](C)N[P@](=O)(Oc1ccccc1)Oc1c(F)c(F)c(F)c(F)c1F. The Hall–Kier alpha value is -2.20. The van der Waals surface area contributed by atoms with Crippen molar-refractivity contribution in [2.24, 2.45) is 0 Å². The van der Waals surface area contributed by atoms with E-state index in [-0.39, 0.29) is 5.75 Å². The molecule has 0 bridgehead atoms. The van der Waals surface area contributed by atoms with Gasteiger partial charge < -0.3 is 18.9 Å². The highest BCUT2D eigenvalue weighted by Gasteiger charge is 2.38. The second-order valence-electron chi connectivity index (χ2n) is 6.39. The number of halogens is 5. The maximum atomic E-state index is 14.0. The summed E-state index contributed by atoms with van der Waals surface area (Å²) >= 11 is 0. The van der Waals surface area contributed by atoms with Crippen molar-refractivity contribution in [3.05, 3.63) is 59.4 Å². The van der Waals surface area contributed by atoms with Crippen molar-refractivity contribution in [3.8, 4) is 11.5 Å². The molecule has 0 fully saturated rings. The highest BCUT2D eigenvalue weighted by atomic mass is 31.2. The number of rotatable bonds is 9. The van der Waals surface area contributed by atoms with Crippen LogP contribution in [-0.4, -0.2) is 23.5 Å². The van der Waals surface area contributed by atoms with Gasteiger partial charge in [-0.1, -0.05) is 18.2 Å². The van der Waals surface area contributed by atoms with Crippen molar-refractivity contribution in [2.75, 3.05) is 0 Å². The van der Waals surface area contributed by atoms with Crippen molar-refractivity contribution in [1.29, 1.82) is 0 Å². The van der Waals surface area contributed by atoms with Gasteiger partial charge in [-0.15, -0.1) is 0 Å². The second-order valence-corrected chi connectivity index (χ2v) is 8.00. The molecule has 6 nitrogen and oxygen atoms in total. The van der Waals surface area contributed by atoms with E-state index in [1.54, 1.807) is 19.9 Å². The Bertz CT molecular complexity index is 902. The second kappa shape index (κ2) is 9.74. The Morgan fingerprint density at radius 1 is 0.867 bits per heavy atom. The third-order valence-corrected chi connectivity index (χ3v) is 5.15. The molecule has 0 heterocycles. The van der Waals surface area contributed by atoms with E-state index in [1.165, 1.54) is 31.2 Å². The molecule has 0 radical (unpaired) electrons. The number of aliphatic hydroxyl groups is 1. The normalized spacial score (nSPS) is 15.5. The minimum Gasteiger partial charge on any atom is -0.405 e. The molecule has 166 valence electrons. The minimum absolute atomic E-state index is 0.108. The average molecular weight is 455 g/mol. The summed E-state index contributed by atoms with van der Waals surface area (Å²) in [5.74, 6) is -13.6. The van der Waals surface area contributed by atoms with Crippen molar-refractivity contribution >= 4 is 7.75 Å². The Balaban J connectivity index is 2.43. The van der Waals surface area contributed by atoms with Crippen molar-refractivity contribution < 1.29 is 45.4 Å². The van der Waals surface area contributed by atoms with E-state index < -0.39 is 61.0 Å². The van der Waals surface area contributed by atoms with Gasteiger partial charge in [0.1, 0.15) is 5.75 Å². The summed E-state index contributed by atoms with van der Waals surface area (Å²) in [6.07, 6.45) is -2.02. The summed E-state index contributed by atoms with van der Waals surface area (Å²) < 4.78 is 96.3. The van der Waals surface area contributed by atoms with Crippen LogP contribution in [0.25, 0.3) is 0 Å².